The molecule has 0 aromatic carbocycles. The predicted molar refractivity (Wildman–Crippen MR) is 85.3 cm³/mol. The van der Waals surface area contributed by atoms with Crippen molar-refractivity contribution in [1.82, 2.24) is 9.80 Å². The Balaban J connectivity index is 1.80. The van der Waals surface area contributed by atoms with E-state index >= 15 is 0 Å². The Morgan fingerprint density at radius 3 is 2.36 bits per heavy atom. The maximum atomic E-state index is 12.5. The summed E-state index contributed by atoms with van der Waals surface area (Å²) in [5.74, 6) is 0.339. The van der Waals surface area contributed by atoms with Gasteiger partial charge in [-0.2, -0.15) is 0 Å². The van der Waals surface area contributed by atoms with Crippen LogP contribution < -0.4 is 0 Å². The van der Waals surface area contributed by atoms with E-state index in [1.54, 1.807) is 11.9 Å². The Bertz CT molecular complexity index is 397. The molecule has 0 aromatic rings. The molecule has 0 aromatic heterocycles. The second-order valence-corrected chi connectivity index (χ2v) is 7.03. The van der Waals surface area contributed by atoms with E-state index in [0.717, 1.165) is 44.9 Å². The molecular weight excluding hydrogens is 280 g/mol. The van der Waals surface area contributed by atoms with E-state index in [9.17, 15) is 14.7 Å². The Kier molecular flexibility index (Phi) is 5.84. The quantitative estimate of drug-likeness (QED) is 0.842. The molecule has 2 rings (SSSR count). The molecule has 5 heteroatoms. The van der Waals surface area contributed by atoms with Crippen LogP contribution in [-0.4, -0.2) is 59.0 Å². The number of nitrogens with zero attached hydrogens (tertiary/aromatic N) is 2. The average molecular weight is 310 g/mol. The van der Waals surface area contributed by atoms with Crippen LogP contribution >= 0.6 is 0 Å². The number of rotatable bonds is 5. The third-order valence-corrected chi connectivity index (χ3v) is 5.10. The van der Waals surface area contributed by atoms with Crippen LogP contribution in [0.25, 0.3) is 0 Å². The lowest BCUT2D eigenvalue weighted by Gasteiger charge is -2.35. The summed E-state index contributed by atoms with van der Waals surface area (Å²) in [7, 11) is 1.80. The molecule has 1 N–H and O–H groups in total. The van der Waals surface area contributed by atoms with Crippen LogP contribution in [0.1, 0.15) is 58.3 Å². The summed E-state index contributed by atoms with van der Waals surface area (Å²) in [5, 5.41) is 10.4. The van der Waals surface area contributed by atoms with Gasteiger partial charge < -0.3 is 14.9 Å². The van der Waals surface area contributed by atoms with Crippen molar-refractivity contribution in [2.24, 2.45) is 5.92 Å². The number of hydrogen-bond acceptors (Lipinski definition) is 3. The van der Waals surface area contributed by atoms with Gasteiger partial charge in [-0.1, -0.05) is 19.8 Å². The lowest BCUT2D eigenvalue weighted by atomic mass is 9.94. The zero-order valence-corrected chi connectivity index (χ0v) is 14.0. The summed E-state index contributed by atoms with van der Waals surface area (Å²) in [6, 6.07) is 0. The highest BCUT2D eigenvalue weighted by Gasteiger charge is 2.35. The molecule has 2 fully saturated rings. The molecule has 5 nitrogen and oxygen atoms in total. The topological polar surface area (TPSA) is 60.9 Å². The van der Waals surface area contributed by atoms with E-state index in [2.05, 4.69) is 0 Å². The third kappa shape index (κ3) is 4.22. The fraction of sp³-hybridized carbons (Fsp3) is 0.882. The van der Waals surface area contributed by atoms with Crippen molar-refractivity contribution in [2.75, 3.05) is 26.7 Å². The van der Waals surface area contributed by atoms with Gasteiger partial charge in [0.15, 0.2) is 0 Å². The fourth-order valence-electron chi connectivity index (χ4n) is 3.77. The van der Waals surface area contributed by atoms with Gasteiger partial charge in [-0.25, -0.2) is 0 Å². The number of amides is 2. The van der Waals surface area contributed by atoms with E-state index in [4.69, 9.17) is 0 Å². The molecular formula is C17H30N2O3. The van der Waals surface area contributed by atoms with Crippen LogP contribution in [0.3, 0.4) is 0 Å². The van der Waals surface area contributed by atoms with Gasteiger partial charge in [-0.05, 0) is 32.1 Å². The van der Waals surface area contributed by atoms with Crippen LogP contribution in [0.4, 0.5) is 0 Å². The predicted octanol–water partition coefficient (Wildman–Crippen LogP) is 1.79. The molecule has 0 atom stereocenters. The molecule has 1 aliphatic carbocycles. The van der Waals surface area contributed by atoms with Gasteiger partial charge >= 0.3 is 0 Å². The summed E-state index contributed by atoms with van der Waals surface area (Å²) >= 11 is 0. The van der Waals surface area contributed by atoms with Crippen molar-refractivity contribution < 1.29 is 14.7 Å². The van der Waals surface area contributed by atoms with E-state index in [0.29, 0.717) is 26.1 Å². The monoisotopic (exact) mass is 310 g/mol. The summed E-state index contributed by atoms with van der Waals surface area (Å²) in [6.45, 7) is 3.83. The van der Waals surface area contributed by atoms with Crippen LogP contribution in [-0.2, 0) is 9.59 Å². The second-order valence-electron chi connectivity index (χ2n) is 7.03. The van der Waals surface area contributed by atoms with Crippen LogP contribution in [0.15, 0.2) is 0 Å². The number of aliphatic hydroxyl groups is 1. The summed E-state index contributed by atoms with van der Waals surface area (Å²) in [5.41, 5.74) is -0.678. The molecule has 1 aliphatic heterocycles. The zero-order chi connectivity index (χ0) is 16.2. The molecule has 2 aliphatic rings. The Morgan fingerprint density at radius 1 is 1.23 bits per heavy atom. The highest BCUT2D eigenvalue weighted by molar-refractivity contribution is 5.80. The number of hydrogen-bond donors (Lipinski definition) is 1. The van der Waals surface area contributed by atoms with Crippen LogP contribution in [0, 0.1) is 5.92 Å². The van der Waals surface area contributed by atoms with Gasteiger partial charge in [0.05, 0.1) is 5.60 Å². The summed E-state index contributed by atoms with van der Waals surface area (Å²) in [4.78, 5) is 28.0. The van der Waals surface area contributed by atoms with Gasteiger partial charge in [0.1, 0.15) is 0 Å². The van der Waals surface area contributed by atoms with E-state index in [1.165, 1.54) is 0 Å². The Hall–Kier alpha value is -1.10. The Morgan fingerprint density at radius 2 is 1.82 bits per heavy atom. The van der Waals surface area contributed by atoms with Crippen LogP contribution in [0.2, 0.25) is 0 Å². The third-order valence-electron chi connectivity index (χ3n) is 5.10. The Labute approximate surface area is 133 Å². The van der Waals surface area contributed by atoms with Gasteiger partial charge in [0, 0.05) is 39.0 Å². The number of carbonyl (C=O) groups is 2. The minimum Gasteiger partial charge on any atom is -0.388 e. The molecule has 1 saturated carbocycles. The van der Waals surface area contributed by atoms with Gasteiger partial charge in [-0.15, -0.1) is 0 Å². The molecule has 126 valence electrons. The first-order chi connectivity index (χ1) is 10.4. The lowest BCUT2D eigenvalue weighted by Crippen LogP contribution is -2.47. The lowest BCUT2D eigenvalue weighted by molar-refractivity contribution is -0.142. The second kappa shape index (κ2) is 7.44. The number of piperidine rings is 1. The zero-order valence-electron chi connectivity index (χ0n) is 14.0. The molecule has 0 bridgehead atoms. The number of carbonyl (C=O) groups excluding carboxylic acids is 2. The maximum Gasteiger partial charge on any atom is 0.225 e. The van der Waals surface area contributed by atoms with E-state index in [1.807, 2.05) is 11.8 Å². The first-order valence-corrected chi connectivity index (χ1v) is 8.70. The average Bonchev–Trinajstić information content (AvgIpc) is 2.93. The van der Waals surface area contributed by atoms with Crippen molar-refractivity contribution in [3.8, 4) is 0 Å². The fourth-order valence-corrected chi connectivity index (χ4v) is 3.77. The molecule has 0 spiro atoms. The minimum atomic E-state index is -0.678. The minimum absolute atomic E-state index is 0.000629. The SMILES string of the molecule is CCCC(=O)N1CCC(C(=O)N(C)CC2(O)CCCC2)CC1. The van der Waals surface area contributed by atoms with Crippen molar-refractivity contribution in [2.45, 2.75) is 63.9 Å². The van der Waals surface area contributed by atoms with Crippen molar-refractivity contribution in [3.05, 3.63) is 0 Å². The van der Waals surface area contributed by atoms with Gasteiger partial charge in [-0.3, -0.25) is 9.59 Å². The standard InChI is InChI=1S/C17H30N2O3/c1-3-6-15(20)19-11-7-14(8-12-19)16(21)18(2)13-17(22)9-4-5-10-17/h14,22H,3-13H2,1-2H3. The van der Waals surface area contributed by atoms with Gasteiger partial charge in [0.2, 0.25) is 11.8 Å². The number of likely N-dealkylation sites (N-methyl/N-ethyl adjacent to an activating group) is 1. The van der Waals surface area contributed by atoms with Gasteiger partial charge in [0.25, 0.3) is 0 Å². The first-order valence-electron chi connectivity index (χ1n) is 8.70. The molecule has 1 heterocycles. The van der Waals surface area contributed by atoms with E-state index < -0.39 is 5.60 Å². The highest BCUT2D eigenvalue weighted by atomic mass is 16.3. The molecule has 0 unspecified atom stereocenters. The largest absolute Gasteiger partial charge is 0.388 e. The molecule has 1 saturated heterocycles. The molecule has 2 amide bonds. The van der Waals surface area contributed by atoms with Crippen molar-refractivity contribution in [3.63, 3.8) is 0 Å². The smallest absolute Gasteiger partial charge is 0.225 e. The highest BCUT2D eigenvalue weighted by Crippen LogP contribution is 2.30. The van der Waals surface area contributed by atoms with Crippen molar-refractivity contribution >= 4 is 11.8 Å². The summed E-state index contributed by atoms with van der Waals surface area (Å²) < 4.78 is 0. The maximum absolute atomic E-state index is 12.5. The first kappa shape index (κ1) is 17.3. The van der Waals surface area contributed by atoms with Crippen molar-refractivity contribution in [1.29, 1.82) is 0 Å². The normalized spacial score (nSPS) is 21.9. The summed E-state index contributed by atoms with van der Waals surface area (Å²) in [6.07, 6.45) is 6.68. The van der Waals surface area contributed by atoms with E-state index in [-0.39, 0.29) is 17.7 Å². The molecule has 22 heavy (non-hydrogen) atoms. The number of likely N-dealkylation sites (tertiary alicyclic amines) is 1. The molecule has 0 radical (unpaired) electrons. The van der Waals surface area contributed by atoms with Crippen LogP contribution in [0.5, 0.6) is 0 Å².